The maximum Gasteiger partial charge on any atom is 0.251 e. The molecule has 29 heavy (non-hydrogen) atoms. The molecular formula is C21H20FN3O3S. The van der Waals surface area contributed by atoms with E-state index in [4.69, 9.17) is 0 Å². The minimum Gasteiger partial charge on any atom is -0.348 e. The second-order valence-electron chi connectivity index (χ2n) is 6.49. The van der Waals surface area contributed by atoms with Crippen molar-refractivity contribution < 1.29 is 17.6 Å². The van der Waals surface area contributed by atoms with Gasteiger partial charge in [-0.3, -0.25) is 14.1 Å². The number of nitrogens with zero attached hydrogens (tertiary/aromatic N) is 2. The molecule has 0 radical (unpaired) electrons. The molecule has 6 nitrogen and oxygen atoms in total. The number of hydrogen-bond acceptors (Lipinski definition) is 4. The first-order valence-electron chi connectivity index (χ1n) is 8.82. The van der Waals surface area contributed by atoms with Crippen molar-refractivity contribution >= 4 is 21.6 Å². The molecule has 3 aromatic rings. The molecule has 1 amide bonds. The Hall–Kier alpha value is -3.26. The van der Waals surface area contributed by atoms with E-state index in [-0.39, 0.29) is 18.3 Å². The number of hydrogen-bond donors (Lipinski definition) is 1. The Bertz CT molecular complexity index is 1070. The van der Waals surface area contributed by atoms with Gasteiger partial charge in [0.25, 0.3) is 5.91 Å². The normalized spacial score (nSPS) is 11.1. The van der Waals surface area contributed by atoms with Crippen molar-refractivity contribution in [2.24, 2.45) is 0 Å². The molecule has 0 aliphatic carbocycles. The van der Waals surface area contributed by atoms with Gasteiger partial charge in [0, 0.05) is 24.5 Å². The van der Waals surface area contributed by atoms with E-state index in [0.717, 1.165) is 11.8 Å². The Labute approximate surface area is 169 Å². The van der Waals surface area contributed by atoms with E-state index < -0.39 is 10.0 Å². The molecule has 8 heteroatoms. The van der Waals surface area contributed by atoms with Crippen LogP contribution >= 0.6 is 0 Å². The number of benzene rings is 2. The summed E-state index contributed by atoms with van der Waals surface area (Å²) < 4.78 is 38.8. The van der Waals surface area contributed by atoms with Gasteiger partial charge in [0.1, 0.15) is 5.82 Å². The Morgan fingerprint density at radius 1 is 1.03 bits per heavy atom. The molecule has 0 aliphatic rings. The number of halogens is 1. The predicted molar refractivity (Wildman–Crippen MR) is 109 cm³/mol. The third-order valence-corrected chi connectivity index (χ3v) is 5.37. The zero-order valence-corrected chi connectivity index (χ0v) is 16.6. The second-order valence-corrected chi connectivity index (χ2v) is 8.39. The van der Waals surface area contributed by atoms with Gasteiger partial charge in [0.2, 0.25) is 10.0 Å². The van der Waals surface area contributed by atoms with E-state index in [1.807, 2.05) is 6.07 Å². The van der Waals surface area contributed by atoms with Crippen molar-refractivity contribution in [1.82, 2.24) is 10.3 Å². The van der Waals surface area contributed by atoms with Crippen LogP contribution in [0.5, 0.6) is 0 Å². The van der Waals surface area contributed by atoms with Crippen molar-refractivity contribution in [1.29, 1.82) is 0 Å². The van der Waals surface area contributed by atoms with Gasteiger partial charge in [0.05, 0.1) is 18.5 Å². The lowest BCUT2D eigenvalue weighted by Crippen LogP contribution is -2.29. The number of carbonyl (C=O) groups excluding carboxylic acids is 1. The van der Waals surface area contributed by atoms with E-state index in [1.54, 1.807) is 42.7 Å². The van der Waals surface area contributed by atoms with Gasteiger partial charge in [-0.05, 0) is 53.6 Å². The number of anilines is 1. The van der Waals surface area contributed by atoms with Crippen LogP contribution in [-0.4, -0.2) is 25.6 Å². The van der Waals surface area contributed by atoms with Crippen LogP contribution in [-0.2, 0) is 23.1 Å². The van der Waals surface area contributed by atoms with Crippen molar-refractivity contribution in [3.05, 3.63) is 95.6 Å². The number of nitrogens with one attached hydrogen (secondary N) is 1. The van der Waals surface area contributed by atoms with Crippen molar-refractivity contribution in [2.75, 3.05) is 10.6 Å². The minimum atomic E-state index is -3.57. The monoisotopic (exact) mass is 413 g/mol. The van der Waals surface area contributed by atoms with Gasteiger partial charge in [0.15, 0.2) is 0 Å². The van der Waals surface area contributed by atoms with Crippen LogP contribution < -0.4 is 9.62 Å². The molecule has 0 saturated heterocycles. The number of rotatable bonds is 7. The molecule has 0 aliphatic heterocycles. The van der Waals surface area contributed by atoms with E-state index in [1.165, 1.54) is 28.6 Å². The van der Waals surface area contributed by atoms with Gasteiger partial charge >= 0.3 is 0 Å². The summed E-state index contributed by atoms with van der Waals surface area (Å²) in [5.74, 6) is -0.661. The number of carbonyl (C=O) groups is 1. The zero-order chi connectivity index (χ0) is 20.9. The van der Waals surface area contributed by atoms with Gasteiger partial charge in [-0.25, -0.2) is 12.8 Å². The Morgan fingerprint density at radius 2 is 1.72 bits per heavy atom. The molecule has 3 rings (SSSR count). The predicted octanol–water partition coefficient (Wildman–Crippen LogP) is 3.12. The standard InChI is InChI=1S/C21H20FN3O3S/c1-29(27,28)25(15-16-4-8-19(22)9-5-16)20-10-6-18(7-11-20)21(26)24-14-17-3-2-12-23-13-17/h2-13H,14-15H2,1H3,(H,24,26). The fourth-order valence-corrected chi connectivity index (χ4v) is 3.61. The molecular weight excluding hydrogens is 393 g/mol. The van der Waals surface area contributed by atoms with E-state index in [9.17, 15) is 17.6 Å². The first-order valence-corrected chi connectivity index (χ1v) is 10.7. The largest absolute Gasteiger partial charge is 0.348 e. The molecule has 0 spiro atoms. The van der Waals surface area contributed by atoms with Gasteiger partial charge < -0.3 is 5.32 Å². The highest BCUT2D eigenvalue weighted by atomic mass is 32.2. The molecule has 1 N–H and O–H groups in total. The second kappa shape index (κ2) is 8.83. The van der Waals surface area contributed by atoms with Crippen LogP contribution in [0.4, 0.5) is 10.1 Å². The molecule has 0 bridgehead atoms. The summed E-state index contributed by atoms with van der Waals surface area (Å²) in [4.78, 5) is 16.3. The fourth-order valence-electron chi connectivity index (χ4n) is 2.72. The number of pyridine rings is 1. The summed E-state index contributed by atoms with van der Waals surface area (Å²) in [7, 11) is -3.57. The maximum atomic E-state index is 13.1. The Balaban J connectivity index is 1.73. The number of amides is 1. The first-order chi connectivity index (χ1) is 13.8. The molecule has 150 valence electrons. The van der Waals surface area contributed by atoms with Gasteiger partial charge in [-0.15, -0.1) is 0 Å². The minimum absolute atomic E-state index is 0.0612. The van der Waals surface area contributed by atoms with Crippen LogP contribution in [0.1, 0.15) is 21.5 Å². The summed E-state index contributed by atoms with van der Waals surface area (Å²) >= 11 is 0. The van der Waals surface area contributed by atoms with Crippen molar-refractivity contribution in [3.63, 3.8) is 0 Å². The molecule has 0 atom stereocenters. The Morgan fingerprint density at radius 3 is 2.31 bits per heavy atom. The first kappa shape index (κ1) is 20.5. The van der Waals surface area contributed by atoms with E-state index in [2.05, 4.69) is 10.3 Å². The van der Waals surface area contributed by atoms with Gasteiger partial charge in [-0.2, -0.15) is 0 Å². The molecule has 0 fully saturated rings. The SMILES string of the molecule is CS(=O)(=O)N(Cc1ccc(F)cc1)c1ccc(C(=O)NCc2cccnc2)cc1. The van der Waals surface area contributed by atoms with Crippen LogP contribution in [0.15, 0.2) is 73.1 Å². The molecule has 0 unspecified atom stereocenters. The van der Waals surface area contributed by atoms with E-state index in [0.29, 0.717) is 23.4 Å². The lowest BCUT2D eigenvalue weighted by atomic mass is 10.1. The third kappa shape index (κ3) is 5.61. The average Bonchev–Trinajstić information content (AvgIpc) is 2.71. The highest BCUT2D eigenvalue weighted by Gasteiger charge is 2.18. The topological polar surface area (TPSA) is 79.4 Å². The summed E-state index contributed by atoms with van der Waals surface area (Å²) in [6.07, 6.45) is 4.43. The summed E-state index contributed by atoms with van der Waals surface area (Å²) in [6.45, 7) is 0.403. The van der Waals surface area contributed by atoms with Crippen LogP contribution in [0, 0.1) is 5.82 Å². The molecule has 0 saturated carbocycles. The smallest absolute Gasteiger partial charge is 0.251 e. The van der Waals surface area contributed by atoms with Crippen LogP contribution in [0.2, 0.25) is 0 Å². The fraction of sp³-hybridized carbons (Fsp3) is 0.143. The zero-order valence-electron chi connectivity index (χ0n) is 15.7. The van der Waals surface area contributed by atoms with Crippen molar-refractivity contribution in [2.45, 2.75) is 13.1 Å². The highest BCUT2D eigenvalue weighted by molar-refractivity contribution is 7.92. The quantitative estimate of drug-likeness (QED) is 0.646. The molecule has 1 aromatic heterocycles. The maximum absolute atomic E-state index is 13.1. The lowest BCUT2D eigenvalue weighted by molar-refractivity contribution is 0.0951. The lowest BCUT2D eigenvalue weighted by Gasteiger charge is -2.22. The summed E-state index contributed by atoms with van der Waals surface area (Å²) in [6, 6.07) is 15.6. The van der Waals surface area contributed by atoms with Gasteiger partial charge in [-0.1, -0.05) is 18.2 Å². The molecule has 2 aromatic carbocycles. The third-order valence-electron chi connectivity index (χ3n) is 4.23. The number of aromatic nitrogens is 1. The van der Waals surface area contributed by atoms with Crippen LogP contribution in [0.3, 0.4) is 0 Å². The highest BCUT2D eigenvalue weighted by Crippen LogP contribution is 2.21. The summed E-state index contributed by atoms with van der Waals surface area (Å²) in [5, 5.41) is 2.79. The van der Waals surface area contributed by atoms with E-state index >= 15 is 0 Å². The molecule has 1 heterocycles. The average molecular weight is 413 g/mol. The Kier molecular flexibility index (Phi) is 6.23. The number of sulfonamides is 1. The van der Waals surface area contributed by atoms with Crippen LogP contribution in [0.25, 0.3) is 0 Å². The van der Waals surface area contributed by atoms with Crippen molar-refractivity contribution in [3.8, 4) is 0 Å². The summed E-state index contributed by atoms with van der Waals surface area (Å²) in [5.41, 5.74) is 2.35.